The Kier molecular flexibility index (Phi) is 4.87. The number of anilines is 1. The second-order valence-corrected chi connectivity index (χ2v) is 6.08. The van der Waals surface area contributed by atoms with Crippen molar-refractivity contribution in [3.8, 4) is 0 Å². The van der Waals surface area contributed by atoms with Gasteiger partial charge in [-0.3, -0.25) is 0 Å². The van der Waals surface area contributed by atoms with Crippen LogP contribution in [0, 0.1) is 0 Å². The number of nitrogens with zero attached hydrogens (tertiary/aromatic N) is 1. The highest BCUT2D eigenvalue weighted by atomic mass is 79.9. The molecule has 0 unspecified atom stereocenters. The molecular weight excluding hydrogens is 343 g/mol. The minimum atomic E-state index is -0.0505. The summed E-state index contributed by atoms with van der Waals surface area (Å²) in [5, 5.41) is 3.35. The van der Waals surface area contributed by atoms with Gasteiger partial charge in [0.15, 0.2) is 0 Å². The fourth-order valence-corrected chi connectivity index (χ4v) is 2.68. The average Bonchev–Trinajstić information content (AvgIpc) is 2.09. The standard InChI is InChI=1S/C10H13Br2ClN2/c1-10(2,3-4-13)15-9-8(12)5-7(11)6-14-9/h5-6H,3-4H2,1-2H3,(H,14,15). The summed E-state index contributed by atoms with van der Waals surface area (Å²) in [6.07, 6.45) is 2.66. The van der Waals surface area contributed by atoms with Crippen molar-refractivity contribution in [2.45, 2.75) is 25.8 Å². The summed E-state index contributed by atoms with van der Waals surface area (Å²) >= 11 is 12.6. The van der Waals surface area contributed by atoms with E-state index in [4.69, 9.17) is 11.6 Å². The van der Waals surface area contributed by atoms with E-state index < -0.39 is 0 Å². The summed E-state index contributed by atoms with van der Waals surface area (Å²) in [4.78, 5) is 4.30. The van der Waals surface area contributed by atoms with Gasteiger partial charge in [-0.2, -0.15) is 0 Å². The Labute approximate surface area is 112 Å². The fraction of sp³-hybridized carbons (Fsp3) is 0.500. The normalized spacial score (nSPS) is 11.5. The summed E-state index contributed by atoms with van der Waals surface area (Å²) in [7, 11) is 0. The molecule has 0 saturated carbocycles. The number of hydrogen-bond donors (Lipinski definition) is 1. The van der Waals surface area contributed by atoms with Crippen LogP contribution in [-0.4, -0.2) is 16.4 Å². The van der Waals surface area contributed by atoms with Crippen molar-refractivity contribution < 1.29 is 0 Å². The zero-order valence-electron chi connectivity index (χ0n) is 8.65. The Morgan fingerprint density at radius 3 is 2.67 bits per heavy atom. The molecule has 0 aliphatic heterocycles. The first-order chi connectivity index (χ1) is 6.94. The Morgan fingerprint density at radius 1 is 1.47 bits per heavy atom. The minimum Gasteiger partial charge on any atom is -0.364 e. The first-order valence-electron chi connectivity index (χ1n) is 4.60. The molecule has 84 valence electrons. The van der Waals surface area contributed by atoms with E-state index in [1.807, 2.05) is 6.07 Å². The van der Waals surface area contributed by atoms with Crippen molar-refractivity contribution in [3.05, 3.63) is 21.2 Å². The Hall–Kier alpha value is 0.200. The molecule has 0 bridgehead atoms. The van der Waals surface area contributed by atoms with Crippen LogP contribution >= 0.6 is 43.5 Å². The van der Waals surface area contributed by atoms with Crippen LogP contribution < -0.4 is 5.32 Å². The summed E-state index contributed by atoms with van der Waals surface area (Å²) < 4.78 is 1.90. The molecule has 1 aromatic rings. The molecule has 1 N–H and O–H groups in total. The molecule has 0 radical (unpaired) electrons. The number of pyridine rings is 1. The van der Waals surface area contributed by atoms with Crippen molar-refractivity contribution >= 4 is 49.3 Å². The van der Waals surface area contributed by atoms with Crippen LogP contribution in [0.4, 0.5) is 5.82 Å². The van der Waals surface area contributed by atoms with E-state index in [1.165, 1.54) is 0 Å². The Morgan fingerprint density at radius 2 is 2.13 bits per heavy atom. The molecule has 0 atom stereocenters. The molecule has 1 rings (SSSR count). The molecule has 2 nitrogen and oxygen atoms in total. The highest BCUT2D eigenvalue weighted by Crippen LogP contribution is 2.26. The molecule has 1 aromatic heterocycles. The van der Waals surface area contributed by atoms with Crippen LogP contribution in [-0.2, 0) is 0 Å². The van der Waals surface area contributed by atoms with Gasteiger partial charge >= 0.3 is 0 Å². The third-order valence-corrected chi connectivity index (χ3v) is 3.21. The number of alkyl halides is 1. The maximum absolute atomic E-state index is 5.74. The van der Waals surface area contributed by atoms with Crippen molar-refractivity contribution in [2.75, 3.05) is 11.2 Å². The van der Waals surface area contributed by atoms with Gasteiger partial charge in [0.05, 0.1) is 4.47 Å². The van der Waals surface area contributed by atoms with E-state index in [9.17, 15) is 0 Å². The lowest BCUT2D eigenvalue weighted by molar-refractivity contribution is 0.547. The monoisotopic (exact) mass is 354 g/mol. The molecule has 0 spiro atoms. The first kappa shape index (κ1) is 13.3. The molecule has 1 heterocycles. The molecule has 15 heavy (non-hydrogen) atoms. The number of rotatable bonds is 4. The SMILES string of the molecule is CC(C)(CCCl)Nc1ncc(Br)cc1Br. The van der Waals surface area contributed by atoms with Crippen molar-refractivity contribution in [1.82, 2.24) is 4.98 Å². The zero-order valence-corrected chi connectivity index (χ0v) is 12.6. The lowest BCUT2D eigenvalue weighted by atomic mass is 10.0. The average molecular weight is 356 g/mol. The molecule has 0 amide bonds. The first-order valence-corrected chi connectivity index (χ1v) is 6.72. The third-order valence-electron chi connectivity index (χ3n) is 1.98. The summed E-state index contributed by atoms with van der Waals surface area (Å²) in [6.45, 7) is 4.21. The van der Waals surface area contributed by atoms with Gasteiger partial charge in [-0.05, 0) is 58.2 Å². The van der Waals surface area contributed by atoms with Gasteiger partial charge in [0.2, 0.25) is 0 Å². The summed E-state index contributed by atoms with van der Waals surface area (Å²) in [5.74, 6) is 1.47. The predicted octanol–water partition coefficient (Wildman–Crippen LogP) is 4.43. The van der Waals surface area contributed by atoms with E-state index in [0.29, 0.717) is 5.88 Å². The van der Waals surface area contributed by atoms with Crippen molar-refractivity contribution in [1.29, 1.82) is 0 Å². The molecule has 5 heteroatoms. The van der Waals surface area contributed by atoms with Crippen molar-refractivity contribution in [3.63, 3.8) is 0 Å². The van der Waals surface area contributed by atoms with Gasteiger partial charge in [0.1, 0.15) is 5.82 Å². The van der Waals surface area contributed by atoms with Crippen LogP contribution in [0.5, 0.6) is 0 Å². The lowest BCUT2D eigenvalue weighted by Crippen LogP contribution is -2.31. The third kappa shape index (κ3) is 4.29. The van der Waals surface area contributed by atoms with Gasteiger partial charge in [-0.1, -0.05) is 0 Å². The van der Waals surface area contributed by atoms with Crippen LogP contribution in [0.3, 0.4) is 0 Å². The predicted molar refractivity (Wildman–Crippen MR) is 72.7 cm³/mol. The molecular formula is C10H13Br2ClN2. The van der Waals surface area contributed by atoms with Gasteiger partial charge in [0.25, 0.3) is 0 Å². The highest BCUT2D eigenvalue weighted by Gasteiger charge is 2.18. The fourth-order valence-electron chi connectivity index (χ4n) is 1.13. The van der Waals surface area contributed by atoms with E-state index in [1.54, 1.807) is 6.20 Å². The molecule has 0 aromatic carbocycles. The zero-order chi connectivity index (χ0) is 11.5. The topological polar surface area (TPSA) is 24.9 Å². The molecule has 0 aliphatic carbocycles. The van der Waals surface area contributed by atoms with E-state index in [2.05, 4.69) is 56.0 Å². The van der Waals surface area contributed by atoms with E-state index in [0.717, 1.165) is 21.2 Å². The number of aromatic nitrogens is 1. The highest BCUT2D eigenvalue weighted by molar-refractivity contribution is 9.11. The Bertz CT molecular complexity index is 342. The summed E-state index contributed by atoms with van der Waals surface area (Å²) in [6, 6.07) is 1.96. The van der Waals surface area contributed by atoms with Crippen LogP contribution in [0.15, 0.2) is 21.2 Å². The van der Waals surface area contributed by atoms with Gasteiger partial charge in [-0.25, -0.2) is 4.98 Å². The van der Waals surface area contributed by atoms with E-state index in [-0.39, 0.29) is 5.54 Å². The van der Waals surface area contributed by atoms with Crippen LogP contribution in [0.2, 0.25) is 0 Å². The van der Waals surface area contributed by atoms with Gasteiger partial charge < -0.3 is 5.32 Å². The lowest BCUT2D eigenvalue weighted by Gasteiger charge is -2.26. The van der Waals surface area contributed by atoms with Crippen molar-refractivity contribution in [2.24, 2.45) is 0 Å². The van der Waals surface area contributed by atoms with Gasteiger partial charge in [0, 0.05) is 22.1 Å². The second kappa shape index (κ2) is 5.51. The Balaban J connectivity index is 2.80. The number of nitrogens with one attached hydrogen (secondary N) is 1. The summed E-state index contributed by atoms with van der Waals surface area (Å²) in [5.41, 5.74) is -0.0505. The molecule has 0 fully saturated rings. The van der Waals surface area contributed by atoms with Crippen LogP contribution in [0.25, 0.3) is 0 Å². The largest absolute Gasteiger partial charge is 0.364 e. The second-order valence-electron chi connectivity index (χ2n) is 3.93. The maximum Gasteiger partial charge on any atom is 0.140 e. The quantitative estimate of drug-likeness (QED) is 0.808. The maximum atomic E-state index is 5.74. The molecule has 0 aliphatic rings. The molecule has 0 saturated heterocycles. The number of hydrogen-bond acceptors (Lipinski definition) is 2. The minimum absolute atomic E-state index is 0.0505. The van der Waals surface area contributed by atoms with Gasteiger partial charge in [-0.15, -0.1) is 11.6 Å². The number of halogens is 3. The smallest absolute Gasteiger partial charge is 0.140 e. The van der Waals surface area contributed by atoms with Crippen LogP contribution in [0.1, 0.15) is 20.3 Å². The van der Waals surface area contributed by atoms with E-state index >= 15 is 0 Å².